The second-order valence-corrected chi connectivity index (χ2v) is 6.65. The Morgan fingerprint density at radius 2 is 2.11 bits per heavy atom. The molecule has 1 aromatic heterocycles. The summed E-state index contributed by atoms with van der Waals surface area (Å²) in [5.41, 5.74) is 9.12. The molecule has 4 heteroatoms. The van der Waals surface area contributed by atoms with Crippen molar-refractivity contribution >= 4 is 11.7 Å². The molecule has 0 spiro atoms. The normalized spacial score (nSPS) is 14.3. The van der Waals surface area contributed by atoms with Gasteiger partial charge in [-0.2, -0.15) is 0 Å². The summed E-state index contributed by atoms with van der Waals surface area (Å²) in [6.07, 6.45) is 3.27. The van der Waals surface area contributed by atoms with E-state index in [0.29, 0.717) is 0 Å². The zero-order valence-corrected chi connectivity index (χ0v) is 12.4. The first-order valence-corrected chi connectivity index (χ1v) is 6.86. The van der Waals surface area contributed by atoms with Crippen LogP contribution in [0, 0.1) is 10.8 Å². The zero-order chi connectivity index (χ0) is 14.2. The largest absolute Gasteiger partial charge is 0.384 e. The third kappa shape index (κ3) is 3.06. The van der Waals surface area contributed by atoms with Gasteiger partial charge in [-0.1, -0.05) is 20.8 Å². The first kappa shape index (κ1) is 13.8. The minimum Gasteiger partial charge on any atom is -0.384 e. The van der Waals surface area contributed by atoms with E-state index in [1.54, 1.807) is 0 Å². The molecule has 0 saturated heterocycles. The Morgan fingerprint density at radius 1 is 1.42 bits per heavy atom. The fourth-order valence-electron chi connectivity index (χ4n) is 2.74. The highest BCUT2D eigenvalue weighted by atomic mass is 15.2. The van der Waals surface area contributed by atoms with Crippen LogP contribution in [0.4, 0.5) is 5.82 Å². The molecule has 1 aliphatic rings. The average Bonchev–Trinajstić information content (AvgIpc) is 2.71. The first-order chi connectivity index (χ1) is 8.78. The molecule has 0 radical (unpaired) electrons. The van der Waals surface area contributed by atoms with Crippen molar-refractivity contribution in [1.82, 2.24) is 4.98 Å². The molecule has 1 aromatic rings. The van der Waals surface area contributed by atoms with Gasteiger partial charge in [0, 0.05) is 19.3 Å². The van der Waals surface area contributed by atoms with Gasteiger partial charge >= 0.3 is 0 Å². The van der Waals surface area contributed by atoms with Crippen molar-refractivity contribution in [3.63, 3.8) is 0 Å². The third-order valence-electron chi connectivity index (χ3n) is 3.39. The lowest BCUT2D eigenvalue weighted by Crippen LogP contribution is -2.32. The highest BCUT2D eigenvalue weighted by Gasteiger charge is 2.22. The van der Waals surface area contributed by atoms with Crippen LogP contribution >= 0.6 is 0 Å². The van der Waals surface area contributed by atoms with E-state index >= 15 is 0 Å². The maximum absolute atomic E-state index is 7.77. The fraction of sp³-hybridized carbons (Fsp3) is 0.600. The number of hydrogen-bond donors (Lipinski definition) is 2. The Labute approximate surface area is 115 Å². The van der Waals surface area contributed by atoms with E-state index in [1.807, 2.05) is 7.05 Å². The number of fused-ring (bicyclic) bond motifs is 1. The molecule has 2 rings (SSSR count). The number of rotatable bonds is 3. The molecule has 0 atom stereocenters. The molecule has 0 aliphatic heterocycles. The predicted molar refractivity (Wildman–Crippen MR) is 80.0 cm³/mol. The number of pyridine rings is 1. The Kier molecular flexibility index (Phi) is 3.52. The molecule has 4 nitrogen and oxygen atoms in total. The number of hydrogen-bond acceptors (Lipinski definition) is 3. The molecular weight excluding hydrogens is 236 g/mol. The lowest BCUT2D eigenvalue weighted by Gasteiger charge is -2.29. The smallest absolute Gasteiger partial charge is 0.139 e. The summed E-state index contributed by atoms with van der Waals surface area (Å²) in [5, 5.41) is 7.77. The van der Waals surface area contributed by atoms with Gasteiger partial charge in [-0.25, -0.2) is 4.98 Å². The van der Waals surface area contributed by atoms with Crippen molar-refractivity contribution in [3.8, 4) is 0 Å². The van der Waals surface area contributed by atoms with Crippen molar-refractivity contribution in [2.75, 3.05) is 18.5 Å². The molecule has 0 saturated carbocycles. The van der Waals surface area contributed by atoms with Gasteiger partial charge in [-0.3, -0.25) is 5.41 Å². The van der Waals surface area contributed by atoms with E-state index in [-0.39, 0.29) is 11.3 Å². The standard InChI is InChI=1S/C15H24N4/c1-15(2,3)9-19(4)14-11(13(16)17)8-10-6-5-7-12(10)18-14/h8H,5-7,9H2,1-4H3,(H3,16,17). The number of nitrogens with one attached hydrogen (secondary N) is 1. The second-order valence-electron chi connectivity index (χ2n) is 6.65. The van der Waals surface area contributed by atoms with Crippen LogP contribution in [-0.4, -0.2) is 24.4 Å². The molecule has 104 valence electrons. The van der Waals surface area contributed by atoms with Crippen LogP contribution < -0.4 is 10.6 Å². The summed E-state index contributed by atoms with van der Waals surface area (Å²) >= 11 is 0. The van der Waals surface area contributed by atoms with Crippen LogP contribution in [0.3, 0.4) is 0 Å². The highest BCUT2D eigenvalue weighted by Crippen LogP contribution is 2.28. The summed E-state index contributed by atoms with van der Waals surface area (Å²) in [6, 6.07) is 2.06. The number of amidine groups is 1. The van der Waals surface area contributed by atoms with Crippen LogP contribution in [-0.2, 0) is 12.8 Å². The quantitative estimate of drug-likeness (QED) is 0.647. The molecule has 1 aliphatic carbocycles. The Morgan fingerprint density at radius 3 is 2.68 bits per heavy atom. The summed E-state index contributed by atoms with van der Waals surface area (Å²) < 4.78 is 0. The van der Waals surface area contributed by atoms with Crippen LogP contribution in [0.2, 0.25) is 0 Å². The number of nitrogens with two attached hydrogens (primary N) is 1. The summed E-state index contributed by atoms with van der Waals surface area (Å²) in [5.74, 6) is 0.959. The third-order valence-corrected chi connectivity index (χ3v) is 3.39. The number of anilines is 1. The minimum absolute atomic E-state index is 0.109. The van der Waals surface area contributed by atoms with Crippen LogP contribution in [0.15, 0.2) is 6.07 Å². The van der Waals surface area contributed by atoms with Gasteiger partial charge in [0.15, 0.2) is 0 Å². The van der Waals surface area contributed by atoms with E-state index in [9.17, 15) is 0 Å². The lowest BCUT2D eigenvalue weighted by molar-refractivity contribution is 0.417. The van der Waals surface area contributed by atoms with Gasteiger partial charge in [0.2, 0.25) is 0 Å². The number of nitrogens with zero attached hydrogens (tertiary/aromatic N) is 2. The van der Waals surface area contributed by atoms with Crippen LogP contribution in [0.5, 0.6) is 0 Å². The number of aromatic nitrogens is 1. The molecule has 3 N–H and O–H groups in total. The van der Waals surface area contributed by atoms with Crippen molar-refractivity contribution in [3.05, 3.63) is 22.9 Å². The molecule has 19 heavy (non-hydrogen) atoms. The SMILES string of the molecule is CN(CC(C)(C)C)c1nc2c(cc1C(=N)N)CCC2. The van der Waals surface area contributed by atoms with Crippen molar-refractivity contribution in [1.29, 1.82) is 5.41 Å². The van der Waals surface area contributed by atoms with E-state index < -0.39 is 0 Å². The van der Waals surface area contributed by atoms with Crippen molar-refractivity contribution in [2.45, 2.75) is 40.0 Å². The predicted octanol–water partition coefficient (Wildman–Crippen LogP) is 2.34. The van der Waals surface area contributed by atoms with Crippen molar-refractivity contribution < 1.29 is 0 Å². The topological polar surface area (TPSA) is 66.0 Å². The number of aryl methyl sites for hydroxylation is 2. The monoisotopic (exact) mass is 260 g/mol. The first-order valence-electron chi connectivity index (χ1n) is 6.86. The van der Waals surface area contributed by atoms with E-state index in [4.69, 9.17) is 16.1 Å². The zero-order valence-electron chi connectivity index (χ0n) is 12.4. The number of nitrogen functional groups attached to an aromatic ring is 1. The maximum atomic E-state index is 7.77. The van der Waals surface area contributed by atoms with E-state index in [2.05, 4.69) is 31.7 Å². The van der Waals surface area contributed by atoms with Crippen LogP contribution in [0.1, 0.15) is 44.0 Å². The molecular formula is C15H24N4. The van der Waals surface area contributed by atoms with Crippen LogP contribution in [0.25, 0.3) is 0 Å². The molecule has 1 heterocycles. The molecule has 0 aromatic carbocycles. The van der Waals surface area contributed by atoms with Gasteiger partial charge in [-0.15, -0.1) is 0 Å². The Hall–Kier alpha value is -1.58. The van der Waals surface area contributed by atoms with E-state index in [0.717, 1.165) is 37.2 Å². The van der Waals surface area contributed by atoms with E-state index in [1.165, 1.54) is 11.3 Å². The lowest BCUT2D eigenvalue weighted by atomic mass is 9.96. The summed E-state index contributed by atoms with van der Waals surface area (Å²) in [4.78, 5) is 6.88. The fourth-order valence-corrected chi connectivity index (χ4v) is 2.74. The maximum Gasteiger partial charge on any atom is 0.139 e. The van der Waals surface area contributed by atoms with Gasteiger partial charge in [0.1, 0.15) is 11.7 Å². The molecule has 0 amide bonds. The summed E-state index contributed by atoms with van der Waals surface area (Å²) in [6.45, 7) is 7.48. The second kappa shape index (κ2) is 4.83. The van der Waals surface area contributed by atoms with Gasteiger partial charge in [-0.05, 0) is 36.3 Å². The average molecular weight is 260 g/mol. The summed E-state index contributed by atoms with van der Waals surface area (Å²) in [7, 11) is 2.03. The Balaban J connectivity index is 2.40. The van der Waals surface area contributed by atoms with Crippen molar-refractivity contribution in [2.24, 2.45) is 11.1 Å². The molecule has 0 fully saturated rings. The van der Waals surface area contributed by atoms with Gasteiger partial charge < -0.3 is 10.6 Å². The minimum atomic E-state index is 0.109. The van der Waals surface area contributed by atoms with Gasteiger partial charge in [0.25, 0.3) is 0 Å². The molecule has 0 unspecified atom stereocenters. The van der Waals surface area contributed by atoms with Gasteiger partial charge in [0.05, 0.1) is 5.56 Å². The highest BCUT2D eigenvalue weighted by molar-refractivity contribution is 5.99. The Bertz CT molecular complexity index is 500. The molecule has 0 bridgehead atoms.